The van der Waals surface area contributed by atoms with E-state index in [0.717, 1.165) is 37.7 Å². The normalized spacial score (nSPS) is 18.6. The van der Waals surface area contributed by atoms with E-state index in [9.17, 15) is 18.4 Å². The third-order valence-electron chi connectivity index (χ3n) is 7.55. The summed E-state index contributed by atoms with van der Waals surface area (Å²) < 4.78 is 37.2. The molecule has 198 valence electrons. The maximum absolute atomic E-state index is 13.4. The molecular formula is C29H34F2N2O4. The van der Waals surface area contributed by atoms with E-state index in [1.165, 1.54) is 37.0 Å². The highest BCUT2D eigenvalue weighted by atomic mass is 19.1. The quantitative estimate of drug-likeness (QED) is 0.400. The molecule has 1 amide bonds. The van der Waals surface area contributed by atoms with E-state index in [1.807, 2.05) is 12.1 Å². The minimum absolute atomic E-state index is 0.0929. The molecule has 1 unspecified atom stereocenters. The molecule has 0 radical (unpaired) electrons. The Bertz CT molecular complexity index is 1090. The molecule has 8 heteroatoms. The lowest BCUT2D eigenvalue weighted by molar-refractivity contribution is -0.151. The molecule has 2 aromatic rings. The molecule has 0 aromatic heterocycles. The summed E-state index contributed by atoms with van der Waals surface area (Å²) >= 11 is 0. The van der Waals surface area contributed by atoms with Crippen molar-refractivity contribution in [1.29, 1.82) is 0 Å². The molecule has 1 atom stereocenters. The average molecular weight is 513 g/mol. The molecule has 2 aromatic carbocycles. The highest BCUT2D eigenvalue weighted by molar-refractivity contribution is 5.91. The number of esters is 1. The summed E-state index contributed by atoms with van der Waals surface area (Å²) in [4.78, 5) is 29.5. The largest absolute Gasteiger partial charge is 0.497 e. The van der Waals surface area contributed by atoms with Gasteiger partial charge in [0.25, 0.3) is 0 Å². The lowest BCUT2D eigenvalue weighted by Gasteiger charge is -2.42. The predicted octanol–water partition coefficient (Wildman–Crippen LogP) is 4.65. The number of likely N-dealkylation sites (tertiary alicyclic amines) is 2. The number of carbonyl (C=O) groups is 2. The van der Waals surface area contributed by atoms with Crippen molar-refractivity contribution in [3.05, 3.63) is 71.3 Å². The zero-order valence-corrected chi connectivity index (χ0v) is 21.4. The SMILES string of the molecule is COC(=O)C(C1CCN(C(=O)C=Cc2cc(F)cc(F)c2)CC1)N1CCC(c2ccc(OC)cc2)CC1. The van der Waals surface area contributed by atoms with Gasteiger partial charge in [0.15, 0.2) is 0 Å². The number of nitrogens with zero attached hydrogens (tertiary/aromatic N) is 2. The fourth-order valence-corrected chi connectivity index (χ4v) is 5.53. The van der Waals surface area contributed by atoms with Crippen LogP contribution in [0.2, 0.25) is 0 Å². The lowest BCUT2D eigenvalue weighted by atomic mass is 9.84. The molecule has 2 heterocycles. The van der Waals surface area contributed by atoms with Crippen molar-refractivity contribution in [3.63, 3.8) is 0 Å². The fraction of sp³-hybridized carbons (Fsp3) is 0.448. The van der Waals surface area contributed by atoms with Gasteiger partial charge in [-0.25, -0.2) is 8.78 Å². The summed E-state index contributed by atoms with van der Waals surface area (Å²) in [5.41, 5.74) is 1.58. The number of piperidine rings is 2. The second kappa shape index (κ2) is 12.3. The van der Waals surface area contributed by atoms with Crippen molar-refractivity contribution in [2.75, 3.05) is 40.4 Å². The second-order valence-electron chi connectivity index (χ2n) is 9.75. The van der Waals surface area contributed by atoms with Crippen LogP contribution in [0.5, 0.6) is 5.75 Å². The maximum Gasteiger partial charge on any atom is 0.323 e. The number of hydrogen-bond donors (Lipinski definition) is 0. The van der Waals surface area contributed by atoms with Gasteiger partial charge >= 0.3 is 5.97 Å². The number of hydrogen-bond acceptors (Lipinski definition) is 5. The van der Waals surface area contributed by atoms with Crippen LogP contribution in [0.4, 0.5) is 8.78 Å². The molecule has 0 spiro atoms. The number of ether oxygens (including phenoxy) is 2. The lowest BCUT2D eigenvalue weighted by Crippen LogP contribution is -2.52. The zero-order valence-electron chi connectivity index (χ0n) is 21.4. The maximum atomic E-state index is 13.4. The Hall–Kier alpha value is -3.26. The Morgan fingerprint density at radius 3 is 2.11 bits per heavy atom. The minimum atomic E-state index is -0.685. The number of carbonyl (C=O) groups excluding carboxylic acids is 2. The predicted molar refractivity (Wildman–Crippen MR) is 137 cm³/mol. The van der Waals surface area contributed by atoms with Gasteiger partial charge in [-0.3, -0.25) is 14.5 Å². The van der Waals surface area contributed by atoms with Crippen molar-refractivity contribution in [3.8, 4) is 5.75 Å². The van der Waals surface area contributed by atoms with Crippen LogP contribution in [0.1, 0.15) is 42.7 Å². The van der Waals surface area contributed by atoms with E-state index in [4.69, 9.17) is 9.47 Å². The topological polar surface area (TPSA) is 59.1 Å². The van der Waals surface area contributed by atoms with Gasteiger partial charge in [-0.1, -0.05) is 12.1 Å². The number of rotatable bonds is 7. The smallest absolute Gasteiger partial charge is 0.323 e. The van der Waals surface area contributed by atoms with Crippen molar-refractivity contribution in [2.24, 2.45) is 5.92 Å². The van der Waals surface area contributed by atoms with Gasteiger partial charge in [0.05, 0.1) is 14.2 Å². The standard InChI is InChI=1S/C29H34F2N2O4/c1-36-26-6-4-21(5-7-26)22-9-15-33(16-10-22)28(29(35)37-2)23-11-13-32(14-12-23)27(34)8-3-20-17-24(30)19-25(31)18-20/h3-8,17-19,22-23,28H,9-16H2,1-2H3. The van der Waals surface area contributed by atoms with E-state index in [2.05, 4.69) is 17.0 Å². The second-order valence-corrected chi connectivity index (χ2v) is 9.75. The Labute approximate surface area is 216 Å². The van der Waals surface area contributed by atoms with E-state index in [1.54, 1.807) is 12.0 Å². The van der Waals surface area contributed by atoms with Crippen LogP contribution in [-0.2, 0) is 14.3 Å². The fourth-order valence-electron chi connectivity index (χ4n) is 5.53. The Morgan fingerprint density at radius 2 is 1.54 bits per heavy atom. The summed E-state index contributed by atoms with van der Waals surface area (Å²) in [6.07, 6.45) is 6.06. The number of halogens is 2. The molecule has 0 N–H and O–H groups in total. The third-order valence-corrected chi connectivity index (χ3v) is 7.55. The van der Waals surface area contributed by atoms with Gasteiger partial charge in [0.1, 0.15) is 23.4 Å². The summed E-state index contributed by atoms with van der Waals surface area (Å²) in [7, 11) is 3.09. The Kier molecular flexibility index (Phi) is 8.92. The van der Waals surface area contributed by atoms with Crippen LogP contribution in [0.25, 0.3) is 6.08 Å². The average Bonchev–Trinajstić information content (AvgIpc) is 2.92. The first-order valence-electron chi connectivity index (χ1n) is 12.8. The Morgan fingerprint density at radius 1 is 0.919 bits per heavy atom. The van der Waals surface area contributed by atoms with Crippen LogP contribution in [-0.4, -0.2) is 68.1 Å². The van der Waals surface area contributed by atoms with Gasteiger partial charge in [0.2, 0.25) is 5.91 Å². The van der Waals surface area contributed by atoms with Crippen molar-refractivity contribution in [2.45, 2.75) is 37.6 Å². The van der Waals surface area contributed by atoms with Crippen molar-refractivity contribution in [1.82, 2.24) is 9.80 Å². The molecule has 0 saturated carbocycles. The van der Waals surface area contributed by atoms with Gasteiger partial charge in [-0.2, -0.15) is 0 Å². The summed E-state index contributed by atoms with van der Waals surface area (Å²) in [5, 5.41) is 0. The molecular weight excluding hydrogens is 478 g/mol. The minimum Gasteiger partial charge on any atom is -0.497 e. The van der Waals surface area contributed by atoms with Crippen LogP contribution in [0, 0.1) is 17.6 Å². The van der Waals surface area contributed by atoms with E-state index in [0.29, 0.717) is 37.4 Å². The monoisotopic (exact) mass is 512 g/mol. The van der Waals surface area contributed by atoms with Crippen LogP contribution < -0.4 is 4.74 Å². The van der Waals surface area contributed by atoms with Gasteiger partial charge < -0.3 is 14.4 Å². The van der Waals surface area contributed by atoms with E-state index >= 15 is 0 Å². The van der Waals surface area contributed by atoms with Crippen LogP contribution in [0.15, 0.2) is 48.5 Å². The van der Waals surface area contributed by atoms with Crippen LogP contribution >= 0.6 is 0 Å². The summed E-state index contributed by atoms with van der Waals surface area (Å²) in [6, 6.07) is 11.0. The number of amides is 1. The third kappa shape index (κ3) is 6.74. The Balaban J connectivity index is 1.33. The van der Waals surface area contributed by atoms with Crippen LogP contribution in [0.3, 0.4) is 0 Å². The molecule has 2 aliphatic rings. The zero-order chi connectivity index (χ0) is 26.4. The first-order chi connectivity index (χ1) is 17.9. The van der Waals surface area contributed by atoms with E-state index in [-0.39, 0.29) is 23.8 Å². The molecule has 37 heavy (non-hydrogen) atoms. The molecule has 0 bridgehead atoms. The molecule has 2 aliphatic heterocycles. The molecule has 2 fully saturated rings. The highest BCUT2D eigenvalue weighted by Crippen LogP contribution is 2.33. The number of methoxy groups -OCH3 is 2. The molecule has 2 saturated heterocycles. The van der Waals surface area contributed by atoms with Gasteiger partial charge in [-0.05, 0) is 92.1 Å². The summed E-state index contributed by atoms with van der Waals surface area (Å²) in [6.45, 7) is 2.65. The van der Waals surface area contributed by atoms with E-state index < -0.39 is 11.6 Å². The molecule has 4 rings (SSSR count). The first kappa shape index (κ1) is 26.8. The van der Waals surface area contributed by atoms with Gasteiger partial charge in [0, 0.05) is 25.2 Å². The first-order valence-corrected chi connectivity index (χ1v) is 12.8. The highest BCUT2D eigenvalue weighted by Gasteiger charge is 2.38. The molecule has 6 nitrogen and oxygen atoms in total. The molecule has 0 aliphatic carbocycles. The van der Waals surface area contributed by atoms with Crippen molar-refractivity contribution >= 4 is 18.0 Å². The van der Waals surface area contributed by atoms with Crippen molar-refractivity contribution < 1.29 is 27.8 Å². The summed E-state index contributed by atoms with van der Waals surface area (Å²) in [5.74, 6) is -0.424. The number of benzene rings is 2. The van der Waals surface area contributed by atoms with Gasteiger partial charge in [-0.15, -0.1) is 0 Å².